The minimum atomic E-state index is -0.407. The number of nitrogens with two attached hydrogens (primary N) is 2. The maximum atomic E-state index is 10.6. The predicted octanol–water partition coefficient (Wildman–Crippen LogP) is 0.265. The highest BCUT2D eigenvalue weighted by Gasteiger charge is 2.09. The average molecular weight is 179 g/mol. The number of hydrogen-bond donors (Lipinski definition) is 2. The topological polar surface area (TPSA) is 82.0 Å². The summed E-state index contributed by atoms with van der Waals surface area (Å²) >= 11 is 0. The van der Waals surface area contributed by atoms with Crippen LogP contribution in [0.1, 0.15) is 23.9 Å². The van der Waals surface area contributed by atoms with Gasteiger partial charge in [0, 0.05) is 12.1 Å². The maximum Gasteiger partial charge on any atom is 0.219 e. The highest BCUT2D eigenvalue weighted by atomic mass is 16.1. The molecule has 1 aromatic heterocycles. The van der Waals surface area contributed by atoms with Crippen molar-refractivity contribution >= 4 is 5.91 Å². The average Bonchev–Trinajstić information content (AvgIpc) is 2.03. The van der Waals surface area contributed by atoms with E-state index in [1.165, 1.54) is 0 Å². The molecule has 1 unspecified atom stereocenters. The molecule has 0 saturated carbocycles. The number of pyridine rings is 1. The highest BCUT2D eigenvalue weighted by molar-refractivity contribution is 5.74. The Balaban J connectivity index is 2.76. The van der Waals surface area contributed by atoms with Gasteiger partial charge in [-0.2, -0.15) is 0 Å². The minimum absolute atomic E-state index is 0.135. The van der Waals surface area contributed by atoms with Gasteiger partial charge in [-0.3, -0.25) is 9.78 Å². The molecule has 1 atom stereocenters. The summed E-state index contributed by atoms with van der Waals surface area (Å²) in [6.07, 6.45) is 0.135. The quantitative estimate of drug-likeness (QED) is 0.698. The van der Waals surface area contributed by atoms with E-state index in [4.69, 9.17) is 11.5 Å². The number of hydrogen-bond acceptors (Lipinski definition) is 3. The third kappa shape index (κ3) is 2.83. The minimum Gasteiger partial charge on any atom is -0.370 e. The van der Waals surface area contributed by atoms with Gasteiger partial charge in [-0.25, -0.2) is 0 Å². The van der Waals surface area contributed by atoms with Crippen molar-refractivity contribution < 1.29 is 4.79 Å². The number of carbonyl (C=O) groups excluding carboxylic acids is 1. The molecule has 0 spiro atoms. The molecular weight excluding hydrogens is 166 g/mol. The molecule has 4 nitrogen and oxygen atoms in total. The van der Waals surface area contributed by atoms with Crippen molar-refractivity contribution in [2.24, 2.45) is 11.5 Å². The van der Waals surface area contributed by atoms with Crippen molar-refractivity contribution in [3.8, 4) is 0 Å². The van der Waals surface area contributed by atoms with Crippen LogP contribution < -0.4 is 11.5 Å². The van der Waals surface area contributed by atoms with Crippen LogP contribution in [0.5, 0.6) is 0 Å². The molecule has 0 aliphatic rings. The van der Waals surface area contributed by atoms with Crippen molar-refractivity contribution in [1.29, 1.82) is 0 Å². The highest BCUT2D eigenvalue weighted by Crippen LogP contribution is 2.10. The fourth-order valence-corrected chi connectivity index (χ4v) is 1.09. The van der Waals surface area contributed by atoms with E-state index in [1.807, 2.05) is 19.1 Å². The predicted molar refractivity (Wildman–Crippen MR) is 49.7 cm³/mol. The summed E-state index contributed by atoms with van der Waals surface area (Å²) in [5.41, 5.74) is 12.3. The molecule has 70 valence electrons. The number of amides is 1. The second-order valence-corrected chi connectivity index (χ2v) is 2.98. The number of primary amides is 1. The van der Waals surface area contributed by atoms with Crippen LogP contribution in [0.15, 0.2) is 18.2 Å². The van der Waals surface area contributed by atoms with Gasteiger partial charge in [-0.05, 0) is 19.1 Å². The molecule has 1 amide bonds. The molecule has 1 rings (SSSR count). The van der Waals surface area contributed by atoms with E-state index < -0.39 is 11.9 Å². The first-order valence-electron chi connectivity index (χ1n) is 4.07. The molecule has 1 heterocycles. The largest absolute Gasteiger partial charge is 0.370 e. The molecule has 0 radical (unpaired) electrons. The first kappa shape index (κ1) is 9.67. The van der Waals surface area contributed by atoms with Crippen LogP contribution in [0.2, 0.25) is 0 Å². The van der Waals surface area contributed by atoms with Gasteiger partial charge < -0.3 is 11.5 Å². The first-order chi connectivity index (χ1) is 6.09. The summed E-state index contributed by atoms with van der Waals surface area (Å²) in [5, 5.41) is 0. The summed E-state index contributed by atoms with van der Waals surface area (Å²) in [7, 11) is 0. The summed E-state index contributed by atoms with van der Waals surface area (Å²) in [4.78, 5) is 14.8. The molecule has 13 heavy (non-hydrogen) atoms. The van der Waals surface area contributed by atoms with Gasteiger partial charge in [-0.15, -0.1) is 0 Å². The van der Waals surface area contributed by atoms with Crippen LogP contribution in [0.4, 0.5) is 0 Å². The maximum absolute atomic E-state index is 10.6. The first-order valence-corrected chi connectivity index (χ1v) is 4.07. The Kier molecular flexibility index (Phi) is 2.97. The summed E-state index contributed by atoms with van der Waals surface area (Å²) in [6, 6.07) is 5.14. The monoisotopic (exact) mass is 179 g/mol. The van der Waals surface area contributed by atoms with Crippen molar-refractivity contribution in [3.63, 3.8) is 0 Å². The standard InChI is InChI=1S/C9H13N3O/c1-6-3-2-4-8(12-6)7(10)5-9(11)13/h2-4,7H,5,10H2,1H3,(H2,11,13). The molecule has 4 N–H and O–H groups in total. The Morgan fingerprint density at radius 3 is 2.85 bits per heavy atom. The van der Waals surface area contributed by atoms with Crippen LogP contribution in [0.3, 0.4) is 0 Å². The lowest BCUT2D eigenvalue weighted by molar-refractivity contribution is -0.118. The van der Waals surface area contributed by atoms with E-state index in [0.29, 0.717) is 5.69 Å². The molecule has 1 aromatic rings. The summed E-state index contributed by atoms with van der Waals surface area (Å²) in [6.45, 7) is 1.88. The third-order valence-electron chi connectivity index (χ3n) is 1.71. The Morgan fingerprint density at radius 2 is 2.31 bits per heavy atom. The molecule has 4 heteroatoms. The van der Waals surface area contributed by atoms with E-state index in [-0.39, 0.29) is 6.42 Å². The molecule has 0 aromatic carbocycles. The normalized spacial score (nSPS) is 12.5. The van der Waals surface area contributed by atoms with E-state index in [0.717, 1.165) is 5.69 Å². The van der Waals surface area contributed by atoms with Crippen molar-refractivity contribution in [2.45, 2.75) is 19.4 Å². The van der Waals surface area contributed by atoms with Crippen molar-refractivity contribution in [2.75, 3.05) is 0 Å². The lowest BCUT2D eigenvalue weighted by atomic mass is 10.1. The summed E-state index contributed by atoms with van der Waals surface area (Å²) < 4.78 is 0. The van der Waals surface area contributed by atoms with Gasteiger partial charge in [0.15, 0.2) is 0 Å². The van der Waals surface area contributed by atoms with Gasteiger partial charge >= 0.3 is 0 Å². The molecule has 0 saturated heterocycles. The number of rotatable bonds is 3. The number of carbonyl (C=O) groups is 1. The van der Waals surface area contributed by atoms with E-state index >= 15 is 0 Å². The summed E-state index contributed by atoms with van der Waals surface area (Å²) in [5.74, 6) is -0.407. The van der Waals surface area contributed by atoms with E-state index in [2.05, 4.69) is 4.98 Å². The Morgan fingerprint density at radius 1 is 1.62 bits per heavy atom. The second kappa shape index (κ2) is 4.00. The number of nitrogens with zero attached hydrogens (tertiary/aromatic N) is 1. The zero-order valence-electron chi connectivity index (χ0n) is 7.53. The zero-order valence-corrected chi connectivity index (χ0v) is 7.53. The fraction of sp³-hybridized carbons (Fsp3) is 0.333. The van der Waals surface area contributed by atoms with E-state index in [1.54, 1.807) is 6.07 Å². The Bertz CT molecular complexity index is 311. The van der Waals surface area contributed by atoms with Gasteiger partial charge in [0.05, 0.1) is 11.7 Å². The third-order valence-corrected chi connectivity index (χ3v) is 1.71. The molecule has 0 aliphatic heterocycles. The van der Waals surface area contributed by atoms with Gasteiger partial charge in [0.2, 0.25) is 5.91 Å². The van der Waals surface area contributed by atoms with Crippen molar-refractivity contribution in [1.82, 2.24) is 4.98 Å². The molecule has 0 aliphatic carbocycles. The molecule has 0 bridgehead atoms. The van der Waals surface area contributed by atoms with Crippen LogP contribution in [0.25, 0.3) is 0 Å². The van der Waals surface area contributed by atoms with Gasteiger partial charge in [0.1, 0.15) is 0 Å². The van der Waals surface area contributed by atoms with Crippen LogP contribution in [0, 0.1) is 6.92 Å². The van der Waals surface area contributed by atoms with Crippen LogP contribution >= 0.6 is 0 Å². The Labute approximate surface area is 77.0 Å². The van der Waals surface area contributed by atoms with Gasteiger partial charge in [0.25, 0.3) is 0 Å². The lowest BCUT2D eigenvalue weighted by Gasteiger charge is -2.08. The Hall–Kier alpha value is -1.42. The van der Waals surface area contributed by atoms with E-state index in [9.17, 15) is 4.79 Å². The van der Waals surface area contributed by atoms with Crippen LogP contribution in [-0.2, 0) is 4.79 Å². The van der Waals surface area contributed by atoms with Gasteiger partial charge in [-0.1, -0.05) is 6.07 Å². The number of aryl methyl sites for hydroxylation is 1. The smallest absolute Gasteiger partial charge is 0.219 e. The number of aromatic nitrogens is 1. The SMILES string of the molecule is Cc1cccc(C(N)CC(N)=O)n1. The second-order valence-electron chi connectivity index (χ2n) is 2.98. The zero-order chi connectivity index (χ0) is 9.84. The lowest BCUT2D eigenvalue weighted by Crippen LogP contribution is -2.21. The van der Waals surface area contributed by atoms with Crippen molar-refractivity contribution in [3.05, 3.63) is 29.6 Å². The fourth-order valence-electron chi connectivity index (χ4n) is 1.09. The molecule has 0 fully saturated rings. The van der Waals surface area contributed by atoms with Crippen LogP contribution in [-0.4, -0.2) is 10.9 Å². The molecular formula is C9H13N3O.